The molecule has 6 nitrogen and oxygen atoms in total. The number of hydrogen-bond acceptors (Lipinski definition) is 4. The Kier molecular flexibility index (Phi) is 6.20. The lowest BCUT2D eigenvalue weighted by molar-refractivity contribution is -0.134. The molecular formula is C20H25N3O3. The van der Waals surface area contributed by atoms with E-state index in [1.165, 1.54) is 16.3 Å². The van der Waals surface area contributed by atoms with E-state index in [1.807, 2.05) is 18.2 Å². The first-order valence-electron chi connectivity index (χ1n) is 8.93. The Bertz CT molecular complexity index is 772. The predicted molar refractivity (Wildman–Crippen MR) is 101 cm³/mol. The quantitative estimate of drug-likeness (QED) is 0.735. The fourth-order valence-corrected chi connectivity index (χ4v) is 3.36. The largest absolute Gasteiger partial charge is 0.383 e. The highest BCUT2D eigenvalue weighted by Crippen LogP contribution is 2.22. The van der Waals surface area contributed by atoms with E-state index in [-0.39, 0.29) is 18.2 Å². The Morgan fingerprint density at radius 3 is 2.92 bits per heavy atom. The van der Waals surface area contributed by atoms with E-state index in [0.717, 1.165) is 6.54 Å². The average molecular weight is 355 g/mol. The molecule has 2 aromatic rings. The SMILES string of the molecule is COCCNC(=O)CC1C(=O)NCCN1Cc1cccc2ccccc12. The molecule has 0 saturated carbocycles. The van der Waals surface area contributed by atoms with Crippen molar-refractivity contribution in [1.82, 2.24) is 15.5 Å². The molecule has 2 amide bonds. The predicted octanol–water partition coefficient (Wildman–Crippen LogP) is 1.29. The van der Waals surface area contributed by atoms with E-state index in [4.69, 9.17) is 4.74 Å². The summed E-state index contributed by atoms with van der Waals surface area (Å²) in [5, 5.41) is 8.03. The highest BCUT2D eigenvalue weighted by molar-refractivity contribution is 5.89. The summed E-state index contributed by atoms with van der Waals surface area (Å²) in [5.74, 6) is -0.217. The van der Waals surface area contributed by atoms with Crippen LogP contribution in [-0.4, -0.2) is 56.1 Å². The van der Waals surface area contributed by atoms with Crippen molar-refractivity contribution in [2.75, 3.05) is 33.4 Å². The number of hydrogen-bond donors (Lipinski definition) is 2. The average Bonchev–Trinajstić information content (AvgIpc) is 2.65. The van der Waals surface area contributed by atoms with Gasteiger partial charge in [0, 0.05) is 33.3 Å². The van der Waals surface area contributed by atoms with Crippen LogP contribution in [0.25, 0.3) is 10.8 Å². The molecule has 1 unspecified atom stereocenters. The fraction of sp³-hybridized carbons (Fsp3) is 0.400. The van der Waals surface area contributed by atoms with E-state index >= 15 is 0 Å². The third kappa shape index (κ3) is 4.39. The zero-order valence-corrected chi connectivity index (χ0v) is 15.0. The van der Waals surface area contributed by atoms with Crippen LogP contribution in [-0.2, 0) is 20.9 Å². The standard InChI is InChI=1S/C20H25N3O3/c1-26-12-10-21-19(24)13-18-20(25)22-9-11-23(18)14-16-7-4-6-15-5-2-3-8-17(15)16/h2-8,18H,9-14H2,1H3,(H,21,24)(H,22,25). The first-order valence-corrected chi connectivity index (χ1v) is 8.93. The van der Waals surface area contributed by atoms with Crippen LogP contribution < -0.4 is 10.6 Å². The van der Waals surface area contributed by atoms with Gasteiger partial charge in [0.2, 0.25) is 11.8 Å². The van der Waals surface area contributed by atoms with Crippen LogP contribution in [0.1, 0.15) is 12.0 Å². The summed E-state index contributed by atoms with van der Waals surface area (Å²) in [6.07, 6.45) is 0.153. The van der Waals surface area contributed by atoms with Gasteiger partial charge in [0.15, 0.2) is 0 Å². The van der Waals surface area contributed by atoms with Crippen molar-refractivity contribution in [3.63, 3.8) is 0 Å². The summed E-state index contributed by atoms with van der Waals surface area (Å²) < 4.78 is 4.94. The van der Waals surface area contributed by atoms with Crippen LogP contribution in [0, 0.1) is 0 Å². The van der Waals surface area contributed by atoms with Crippen molar-refractivity contribution in [1.29, 1.82) is 0 Å². The number of piperazine rings is 1. The molecule has 1 aliphatic rings. The van der Waals surface area contributed by atoms with Gasteiger partial charge in [-0.2, -0.15) is 0 Å². The van der Waals surface area contributed by atoms with Gasteiger partial charge in [-0.25, -0.2) is 0 Å². The first-order chi connectivity index (χ1) is 12.7. The Balaban J connectivity index is 1.73. The van der Waals surface area contributed by atoms with E-state index in [2.05, 4.69) is 39.8 Å². The van der Waals surface area contributed by atoms with Gasteiger partial charge >= 0.3 is 0 Å². The minimum absolute atomic E-state index is 0.0848. The Labute approximate surface area is 153 Å². The van der Waals surface area contributed by atoms with E-state index in [9.17, 15) is 9.59 Å². The molecule has 0 spiro atoms. The number of amides is 2. The Morgan fingerprint density at radius 1 is 1.27 bits per heavy atom. The maximum Gasteiger partial charge on any atom is 0.237 e. The van der Waals surface area contributed by atoms with Crippen LogP contribution in [0.15, 0.2) is 42.5 Å². The molecule has 1 saturated heterocycles. The summed E-state index contributed by atoms with van der Waals surface area (Å²) in [4.78, 5) is 26.6. The van der Waals surface area contributed by atoms with Crippen LogP contribution in [0.4, 0.5) is 0 Å². The van der Waals surface area contributed by atoms with E-state index < -0.39 is 6.04 Å². The summed E-state index contributed by atoms with van der Waals surface area (Å²) >= 11 is 0. The number of carbonyl (C=O) groups is 2. The lowest BCUT2D eigenvalue weighted by Crippen LogP contribution is -2.56. The smallest absolute Gasteiger partial charge is 0.237 e. The second-order valence-electron chi connectivity index (χ2n) is 6.46. The van der Waals surface area contributed by atoms with E-state index in [0.29, 0.717) is 26.2 Å². The molecule has 0 radical (unpaired) electrons. The highest BCUT2D eigenvalue weighted by atomic mass is 16.5. The summed E-state index contributed by atoms with van der Waals surface area (Å²) in [7, 11) is 1.59. The van der Waals surface area contributed by atoms with E-state index in [1.54, 1.807) is 7.11 Å². The number of ether oxygens (including phenoxy) is 1. The third-order valence-electron chi connectivity index (χ3n) is 4.70. The normalized spacial score (nSPS) is 17.9. The zero-order valence-electron chi connectivity index (χ0n) is 15.0. The Morgan fingerprint density at radius 2 is 2.08 bits per heavy atom. The monoisotopic (exact) mass is 355 g/mol. The minimum atomic E-state index is -0.453. The summed E-state index contributed by atoms with van der Waals surface area (Å²) in [5.41, 5.74) is 1.17. The number of nitrogens with zero attached hydrogens (tertiary/aromatic N) is 1. The second-order valence-corrected chi connectivity index (χ2v) is 6.46. The second kappa shape index (κ2) is 8.78. The van der Waals surface area contributed by atoms with Crippen LogP contribution in [0.3, 0.4) is 0 Å². The maximum atomic E-state index is 12.4. The topological polar surface area (TPSA) is 70.7 Å². The molecule has 0 aromatic heterocycles. The van der Waals surface area contributed by atoms with Gasteiger partial charge in [0.25, 0.3) is 0 Å². The third-order valence-corrected chi connectivity index (χ3v) is 4.70. The van der Waals surface area contributed by atoms with Gasteiger partial charge in [-0.3, -0.25) is 14.5 Å². The number of benzene rings is 2. The van der Waals surface area contributed by atoms with Crippen LogP contribution in [0.5, 0.6) is 0 Å². The number of methoxy groups -OCH3 is 1. The first kappa shape index (κ1) is 18.4. The molecule has 1 fully saturated rings. The lowest BCUT2D eigenvalue weighted by atomic mass is 10.0. The summed E-state index contributed by atoms with van der Waals surface area (Å²) in [6, 6.07) is 14.0. The number of nitrogens with one attached hydrogen (secondary N) is 2. The molecule has 1 heterocycles. The molecule has 26 heavy (non-hydrogen) atoms. The fourth-order valence-electron chi connectivity index (χ4n) is 3.36. The number of fused-ring (bicyclic) bond motifs is 1. The molecule has 1 aliphatic heterocycles. The molecule has 6 heteroatoms. The van der Waals surface area contributed by atoms with Crippen molar-refractivity contribution in [2.45, 2.75) is 19.0 Å². The van der Waals surface area contributed by atoms with Crippen molar-refractivity contribution >= 4 is 22.6 Å². The van der Waals surface area contributed by atoms with Gasteiger partial charge in [-0.1, -0.05) is 42.5 Å². The molecule has 3 rings (SSSR count). The number of carbonyl (C=O) groups excluding carboxylic acids is 2. The van der Waals surface area contributed by atoms with Crippen molar-refractivity contribution < 1.29 is 14.3 Å². The minimum Gasteiger partial charge on any atom is -0.383 e. The molecule has 0 bridgehead atoms. The molecule has 2 N–H and O–H groups in total. The van der Waals surface area contributed by atoms with Gasteiger partial charge < -0.3 is 15.4 Å². The maximum absolute atomic E-state index is 12.4. The van der Waals surface area contributed by atoms with Crippen LogP contribution in [0.2, 0.25) is 0 Å². The lowest BCUT2D eigenvalue weighted by Gasteiger charge is -2.35. The van der Waals surface area contributed by atoms with Gasteiger partial charge in [0.05, 0.1) is 19.1 Å². The molecule has 1 atom stereocenters. The molecule has 0 aliphatic carbocycles. The van der Waals surface area contributed by atoms with Gasteiger partial charge in [-0.15, -0.1) is 0 Å². The number of rotatable bonds is 7. The summed E-state index contributed by atoms with van der Waals surface area (Å²) in [6.45, 7) is 2.89. The molecular weight excluding hydrogens is 330 g/mol. The Hall–Kier alpha value is -2.44. The zero-order chi connectivity index (χ0) is 18.4. The molecule has 2 aromatic carbocycles. The van der Waals surface area contributed by atoms with Crippen molar-refractivity contribution in [3.05, 3.63) is 48.0 Å². The van der Waals surface area contributed by atoms with Crippen LogP contribution >= 0.6 is 0 Å². The highest BCUT2D eigenvalue weighted by Gasteiger charge is 2.31. The van der Waals surface area contributed by atoms with Gasteiger partial charge in [0.1, 0.15) is 0 Å². The van der Waals surface area contributed by atoms with Crippen molar-refractivity contribution in [3.8, 4) is 0 Å². The van der Waals surface area contributed by atoms with Crippen molar-refractivity contribution in [2.24, 2.45) is 0 Å². The molecule has 138 valence electrons. The van der Waals surface area contributed by atoms with Gasteiger partial charge in [-0.05, 0) is 16.3 Å².